The highest BCUT2D eigenvalue weighted by Gasteiger charge is 2.24. The second-order valence-electron chi connectivity index (χ2n) is 4.14. The molecule has 1 fully saturated rings. The highest BCUT2D eigenvalue weighted by Crippen LogP contribution is 2.14. The van der Waals surface area contributed by atoms with E-state index in [2.05, 4.69) is 10.3 Å². The lowest BCUT2D eigenvalue weighted by Gasteiger charge is -2.27. The van der Waals surface area contributed by atoms with Crippen LogP contribution in [0.2, 0.25) is 0 Å². The molecule has 1 amide bonds. The summed E-state index contributed by atoms with van der Waals surface area (Å²) in [5.74, 6) is 0.0810. The summed E-state index contributed by atoms with van der Waals surface area (Å²) in [6.07, 6.45) is 0. The molecule has 94 valence electrons. The largest absolute Gasteiger partial charge is 0.378 e. The molecule has 2 heterocycles. The van der Waals surface area contributed by atoms with Gasteiger partial charge in [0.1, 0.15) is 6.04 Å². The summed E-state index contributed by atoms with van der Waals surface area (Å²) >= 11 is 1.59. The van der Waals surface area contributed by atoms with Gasteiger partial charge in [-0.3, -0.25) is 4.79 Å². The number of ether oxygens (including phenoxy) is 1. The molecule has 6 heteroatoms. The zero-order chi connectivity index (χ0) is 12.3. The molecule has 2 rings (SSSR count). The lowest BCUT2D eigenvalue weighted by atomic mass is 10.2. The Labute approximate surface area is 105 Å². The highest BCUT2D eigenvalue weighted by molar-refractivity contribution is 7.09. The number of morpholine rings is 1. The van der Waals surface area contributed by atoms with Crippen LogP contribution in [0, 0.1) is 6.92 Å². The number of hydrogen-bond acceptors (Lipinski definition) is 5. The van der Waals surface area contributed by atoms with E-state index in [1.165, 1.54) is 0 Å². The van der Waals surface area contributed by atoms with Crippen molar-refractivity contribution in [1.82, 2.24) is 15.2 Å². The van der Waals surface area contributed by atoms with Gasteiger partial charge in [0.15, 0.2) is 0 Å². The summed E-state index contributed by atoms with van der Waals surface area (Å²) in [4.78, 5) is 19.2. The average Bonchev–Trinajstić information content (AvgIpc) is 2.75. The quantitative estimate of drug-likeness (QED) is 0.849. The van der Waals surface area contributed by atoms with Crippen molar-refractivity contribution in [3.05, 3.63) is 16.1 Å². The van der Waals surface area contributed by atoms with Gasteiger partial charge in [-0.25, -0.2) is 4.98 Å². The number of rotatable bonds is 3. The number of aromatic nitrogens is 1. The Morgan fingerprint density at radius 1 is 1.76 bits per heavy atom. The predicted octanol–water partition coefficient (Wildman–Crippen LogP) is 0.398. The van der Waals surface area contributed by atoms with Crippen molar-refractivity contribution in [3.8, 4) is 0 Å². The number of thiazole rings is 1. The van der Waals surface area contributed by atoms with E-state index in [1.807, 2.05) is 19.5 Å². The Bertz CT molecular complexity index is 388. The molecular weight excluding hydrogens is 238 g/mol. The van der Waals surface area contributed by atoms with Gasteiger partial charge in [-0.2, -0.15) is 0 Å². The fourth-order valence-corrected chi connectivity index (χ4v) is 2.59. The first-order chi connectivity index (χ1) is 8.18. The van der Waals surface area contributed by atoms with Crippen molar-refractivity contribution in [1.29, 1.82) is 0 Å². The molecule has 5 nitrogen and oxygen atoms in total. The van der Waals surface area contributed by atoms with Crippen LogP contribution in [-0.2, 0) is 16.1 Å². The maximum absolute atomic E-state index is 12.1. The van der Waals surface area contributed by atoms with Crippen LogP contribution in [0.15, 0.2) is 5.51 Å². The van der Waals surface area contributed by atoms with Crippen LogP contribution < -0.4 is 5.32 Å². The van der Waals surface area contributed by atoms with Crippen molar-refractivity contribution in [2.75, 3.05) is 26.8 Å². The van der Waals surface area contributed by atoms with Gasteiger partial charge in [0.05, 0.1) is 31.0 Å². The SMILES string of the molecule is Cc1ncsc1CN(C)C(=O)[C@H]1COCCN1. The minimum atomic E-state index is -0.207. The summed E-state index contributed by atoms with van der Waals surface area (Å²) in [7, 11) is 1.82. The van der Waals surface area contributed by atoms with E-state index in [4.69, 9.17) is 4.74 Å². The van der Waals surface area contributed by atoms with Gasteiger partial charge in [0, 0.05) is 18.5 Å². The number of hydrogen-bond donors (Lipinski definition) is 1. The minimum absolute atomic E-state index is 0.0810. The topological polar surface area (TPSA) is 54.5 Å². The Kier molecular flexibility index (Phi) is 4.09. The molecule has 1 aliphatic rings. The molecule has 1 saturated heterocycles. The molecule has 1 aromatic heterocycles. The summed E-state index contributed by atoms with van der Waals surface area (Å²) < 4.78 is 5.29. The van der Waals surface area contributed by atoms with Crippen LogP contribution in [0.25, 0.3) is 0 Å². The van der Waals surface area contributed by atoms with Crippen molar-refractivity contribution >= 4 is 17.2 Å². The molecule has 0 bridgehead atoms. The van der Waals surface area contributed by atoms with E-state index in [9.17, 15) is 4.79 Å². The van der Waals surface area contributed by atoms with E-state index < -0.39 is 0 Å². The Balaban J connectivity index is 1.93. The van der Waals surface area contributed by atoms with Crippen LogP contribution >= 0.6 is 11.3 Å². The van der Waals surface area contributed by atoms with Gasteiger partial charge < -0.3 is 15.0 Å². The number of nitrogens with one attached hydrogen (secondary N) is 1. The number of carbonyl (C=O) groups excluding carboxylic acids is 1. The van der Waals surface area contributed by atoms with E-state index in [-0.39, 0.29) is 11.9 Å². The molecule has 0 radical (unpaired) electrons. The summed E-state index contributed by atoms with van der Waals surface area (Å²) in [5.41, 5.74) is 2.81. The maximum Gasteiger partial charge on any atom is 0.242 e. The highest BCUT2D eigenvalue weighted by atomic mass is 32.1. The monoisotopic (exact) mass is 255 g/mol. The van der Waals surface area contributed by atoms with E-state index in [0.717, 1.165) is 17.1 Å². The molecule has 0 spiro atoms. The molecular formula is C11H17N3O2S. The summed E-state index contributed by atoms with van der Waals surface area (Å²) in [5, 5.41) is 3.17. The summed E-state index contributed by atoms with van der Waals surface area (Å²) in [6, 6.07) is -0.207. The zero-order valence-electron chi connectivity index (χ0n) is 10.1. The fraction of sp³-hybridized carbons (Fsp3) is 0.636. The lowest BCUT2D eigenvalue weighted by Crippen LogP contribution is -2.51. The Morgan fingerprint density at radius 3 is 3.18 bits per heavy atom. The van der Waals surface area contributed by atoms with Gasteiger partial charge in [0.25, 0.3) is 0 Å². The molecule has 1 aliphatic heterocycles. The van der Waals surface area contributed by atoms with Crippen molar-refractivity contribution in [3.63, 3.8) is 0 Å². The predicted molar refractivity (Wildman–Crippen MR) is 65.9 cm³/mol. The molecule has 1 N–H and O–H groups in total. The molecule has 0 aliphatic carbocycles. The van der Waals surface area contributed by atoms with Crippen molar-refractivity contribution in [2.45, 2.75) is 19.5 Å². The van der Waals surface area contributed by atoms with Crippen LogP contribution in [0.5, 0.6) is 0 Å². The smallest absolute Gasteiger partial charge is 0.242 e. The van der Waals surface area contributed by atoms with Crippen LogP contribution in [0.1, 0.15) is 10.6 Å². The first-order valence-corrected chi connectivity index (χ1v) is 6.51. The number of aryl methyl sites for hydroxylation is 1. The van der Waals surface area contributed by atoms with Gasteiger partial charge in [-0.05, 0) is 6.92 Å². The number of likely N-dealkylation sites (N-methyl/N-ethyl adjacent to an activating group) is 1. The fourth-order valence-electron chi connectivity index (χ4n) is 1.76. The Hall–Kier alpha value is -0.980. The molecule has 1 aromatic rings. The van der Waals surface area contributed by atoms with E-state index >= 15 is 0 Å². The number of nitrogens with zero attached hydrogens (tertiary/aromatic N) is 2. The van der Waals surface area contributed by atoms with Gasteiger partial charge in [-0.15, -0.1) is 11.3 Å². The second kappa shape index (κ2) is 5.57. The van der Waals surface area contributed by atoms with E-state index in [1.54, 1.807) is 16.2 Å². The second-order valence-corrected chi connectivity index (χ2v) is 5.08. The van der Waals surface area contributed by atoms with Crippen LogP contribution in [0.3, 0.4) is 0 Å². The normalized spacial score (nSPS) is 20.2. The van der Waals surface area contributed by atoms with Crippen molar-refractivity contribution < 1.29 is 9.53 Å². The zero-order valence-corrected chi connectivity index (χ0v) is 10.9. The Morgan fingerprint density at radius 2 is 2.59 bits per heavy atom. The molecule has 0 unspecified atom stereocenters. The third kappa shape index (κ3) is 3.02. The van der Waals surface area contributed by atoms with Gasteiger partial charge >= 0.3 is 0 Å². The van der Waals surface area contributed by atoms with Crippen molar-refractivity contribution in [2.24, 2.45) is 0 Å². The first kappa shape index (κ1) is 12.5. The third-order valence-electron chi connectivity index (χ3n) is 2.82. The molecule has 17 heavy (non-hydrogen) atoms. The molecule has 0 saturated carbocycles. The summed E-state index contributed by atoms with van der Waals surface area (Å²) in [6.45, 7) is 4.47. The number of amides is 1. The lowest BCUT2D eigenvalue weighted by molar-refractivity contribution is -0.135. The van der Waals surface area contributed by atoms with Crippen LogP contribution in [0.4, 0.5) is 0 Å². The number of carbonyl (C=O) groups is 1. The third-order valence-corrected chi connectivity index (χ3v) is 3.74. The van der Waals surface area contributed by atoms with Gasteiger partial charge in [0.2, 0.25) is 5.91 Å². The van der Waals surface area contributed by atoms with Crippen LogP contribution in [-0.4, -0.2) is 48.6 Å². The molecule has 1 atom stereocenters. The average molecular weight is 255 g/mol. The minimum Gasteiger partial charge on any atom is -0.378 e. The standard InChI is InChI=1S/C11H17N3O2S/c1-8-10(17-7-13-8)5-14(2)11(15)9-6-16-4-3-12-9/h7,9,12H,3-6H2,1-2H3/t9-/m1/s1. The van der Waals surface area contributed by atoms with Gasteiger partial charge in [-0.1, -0.05) is 0 Å². The first-order valence-electron chi connectivity index (χ1n) is 5.63. The maximum atomic E-state index is 12.1. The van der Waals surface area contributed by atoms with E-state index in [0.29, 0.717) is 19.8 Å². The molecule has 0 aromatic carbocycles.